The fourth-order valence-electron chi connectivity index (χ4n) is 0.694. The maximum absolute atomic E-state index is 3.18. The Hall–Kier alpha value is 0.677. The molecular weight excluding hydrogens is 288 g/mol. The van der Waals surface area contributed by atoms with Crippen LogP contribution < -0.4 is 0 Å². The van der Waals surface area contributed by atoms with Crippen LogP contribution in [-0.4, -0.2) is 0 Å². The van der Waals surface area contributed by atoms with Crippen LogP contribution in [0.1, 0.15) is 26.7 Å². The zero-order valence-corrected chi connectivity index (χ0v) is 10.2. The van der Waals surface area contributed by atoms with Gasteiger partial charge in [-0.3, -0.25) is 0 Å². The van der Waals surface area contributed by atoms with Crippen molar-refractivity contribution in [2.24, 2.45) is 0 Å². The van der Waals surface area contributed by atoms with Crippen LogP contribution in [0.5, 0.6) is 0 Å². The molecule has 0 aromatic carbocycles. The van der Waals surface area contributed by atoms with Gasteiger partial charge in [-0.05, 0) is 0 Å². The first-order valence-electron chi connectivity index (χ1n) is 3.28. The van der Waals surface area contributed by atoms with Crippen molar-refractivity contribution in [3.05, 3.63) is 11.1 Å². The van der Waals surface area contributed by atoms with Gasteiger partial charge >= 0.3 is 84.5 Å². The van der Waals surface area contributed by atoms with E-state index in [1.807, 2.05) is 38.3 Å². The van der Waals surface area contributed by atoms with Gasteiger partial charge in [0.1, 0.15) is 0 Å². The van der Waals surface area contributed by atoms with E-state index in [0.717, 1.165) is 12.8 Å². The van der Waals surface area contributed by atoms with E-state index in [2.05, 4.69) is 22.3 Å². The molecule has 0 aliphatic rings. The summed E-state index contributed by atoms with van der Waals surface area (Å²) < 4.78 is 6.36. The van der Waals surface area contributed by atoms with Crippen LogP contribution >= 0.6 is 0 Å². The van der Waals surface area contributed by atoms with Gasteiger partial charge in [-0.2, -0.15) is 0 Å². The van der Waals surface area contributed by atoms with E-state index in [-0.39, 0.29) is 0 Å². The van der Waals surface area contributed by atoms with E-state index in [1.54, 1.807) is 0 Å². The summed E-state index contributed by atoms with van der Waals surface area (Å²) >= 11 is 3.80. The number of hydrogen-bond acceptors (Lipinski definition) is 0. The Bertz CT molecular complexity index is 188. The van der Waals surface area contributed by atoms with Gasteiger partial charge < -0.3 is 0 Å². The summed E-state index contributed by atoms with van der Waals surface area (Å²) in [6.07, 6.45) is 2.15. The van der Waals surface area contributed by atoms with Gasteiger partial charge in [-0.1, -0.05) is 0 Å². The predicted octanol–water partition coefficient (Wildman–Crippen LogP) is 2.12. The Morgan fingerprint density at radius 2 is 1.30 bits per heavy atom. The molecule has 0 aliphatic heterocycles. The topological polar surface area (TPSA) is 0 Å². The summed E-state index contributed by atoms with van der Waals surface area (Å²) in [6, 6.07) is 0. The molecule has 0 amide bonds. The van der Waals surface area contributed by atoms with E-state index in [4.69, 9.17) is 0 Å². The summed E-state index contributed by atoms with van der Waals surface area (Å²) in [7, 11) is 0. The van der Waals surface area contributed by atoms with Crippen LogP contribution in [0.3, 0.4) is 0 Å². The second-order valence-corrected chi connectivity index (χ2v) is 2.87. The van der Waals surface area contributed by atoms with Gasteiger partial charge in [-0.25, -0.2) is 0 Å². The summed E-state index contributed by atoms with van der Waals surface area (Å²) in [4.78, 5) is 0. The average molecular weight is 298 g/mol. The Morgan fingerprint density at radius 1 is 1.00 bits per heavy atom. The van der Waals surface area contributed by atoms with Crippen molar-refractivity contribution >= 4 is 0 Å². The second-order valence-electron chi connectivity index (χ2n) is 1.87. The van der Waals surface area contributed by atoms with Crippen LogP contribution in [0.15, 0.2) is 11.1 Å². The minimum atomic E-state index is 1.07. The van der Waals surface area contributed by atoms with E-state index < -0.39 is 0 Å². The Labute approximate surface area is 84.1 Å². The van der Waals surface area contributed by atoms with Crippen LogP contribution in [0.2, 0.25) is 0 Å². The molecule has 0 saturated heterocycles. The van der Waals surface area contributed by atoms with Gasteiger partial charge in [0.15, 0.2) is 0 Å². The van der Waals surface area contributed by atoms with E-state index in [1.165, 1.54) is 11.1 Å². The Kier molecular flexibility index (Phi) is 6.82. The van der Waals surface area contributed by atoms with Gasteiger partial charge in [0.2, 0.25) is 0 Å². The van der Waals surface area contributed by atoms with Crippen LogP contribution in [0.25, 0.3) is 0 Å². The molecule has 0 aromatic heterocycles. The first-order valence-corrected chi connectivity index (χ1v) is 5.29. The van der Waals surface area contributed by atoms with Crippen molar-refractivity contribution in [3.63, 3.8) is 0 Å². The molecule has 54 valence electrons. The molecule has 0 rings (SSSR count). The summed E-state index contributed by atoms with van der Waals surface area (Å²) in [5.41, 5.74) is 2.63. The van der Waals surface area contributed by atoms with Gasteiger partial charge in [0, 0.05) is 0 Å². The summed E-state index contributed by atoms with van der Waals surface area (Å²) in [5.74, 6) is 0. The predicted molar refractivity (Wildman–Crippen MR) is 35.4 cm³/mol. The normalized spacial score (nSPS) is 11.2. The molecule has 0 nitrogen and oxygen atoms in total. The SMILES string of the molecule is CC/C([C]#[Mo])=C(\[C]#[Mo])CC. The fraction of sp³-hybridized carbons (Fsp3) is 0.500. The van der Waals surface area contributed by atoms with E-state index in [0.29, 0.717) is 0 Å². The van der Waals surface area contributed by atoms with Crippen molar-refractivity contribution in [3.8, 4) is 8.40 Å². The molecule has 10 heavy (non-hydrogen) atoms. The van der Waals surface area contributed by atoms with E-state index >= 15 is 0 Å². The van der Waals surface area contributed by atoms with Crippen molar-refractivity contribution in [1.29, 1.82) is 0 Å². The number of hydrogen-bond donors (Lipinski definition) is 0. The molecule has 0 atom stereocenters. The number of rotatable bonds is 2. The quantitative estimate of drug-likeness (QED) is 0.685. The van der Waals surface area contributed by atoms with Gasteiger partial charge in [0.25, 0.3) is 0 Å². The van der Waals surface area contributed by atoms with Crippen molar-refractivity contribution < 1.29 is 38.3 Å². The standard InChI is InChI=1S/C8H10.2Mo/c1-5-7(3)8(4)6-2;;/h5-6H2,1-2H3;;/b8-7+;;. The van der Waals surface area contributed by atoms with Crippen LogP contribution in [0, 0.1) is 8.40 Å². The van der Waals surface area contributed by atoms with Crippen molar-refractivity contribution in [2.45, 2.75) is 26.7 Å². The fourth-order valence-corrected chi connectivity index (χ4v) is 2.01. The monoisotopic (exact) mass is 302 g/mol. The first-order chi connectivity index (χ1) is 4.79. The zero-order valence-electron chi connectivity index (χ0n) is 6.23. The molecule has 0 aromatic rings. The molecule has 0 fully saturated rings. The molecule has 0 radical (unpaired) electrons. The van der Waals surface area contributed by atoms with Crippen LogP contribution in [0.4, 0.5) is 0 Å². The molecule has 0 heterocycles. The van der Waals surface area contributed by atoms with Crippen LogP contribution in [-0.2, 0) is 38.3 Å². The molecule has 2 heteroatoms. The third-order valence-electron chi connectivity index (χ3n) is 1.32. The molecule has 0 aliphatic carbocycles. The van der Waals surface area contributed by atoms with Crippen molar-refractivity contribution in [1.82, 2.24) is 0 Å². The molecule has 0 spiro atoms. The third-order valence-corrected chi connectivity index (χ3v) is 2.53. The molecular formula is C8H10Mo2. The van der Waals surface area contributed by atoms with Crippen molar-refractivity contribution in [2.75, 3.05) is 0 Å². The van der Waals surface area contributed by atoms with Gasteiger partial charge in [-0.15, -0.1) is 0 Å². The van der Waals surface area contributed by atoms with E-state index in [9.17, 15) is 0 Å². The zero-order chi connectivity index (χ0) is 7.98. The summed E-state index contributed by atoms with van der Waals surface area (Å²) in [5, 5.41) is 0. The maximum atomic E-state index is 3.18. The molecule has 0 N–H and O–H groups in total. The molecule has 0 unspecified atom stereocenters. The Morgan fingerprint density at radius 3 is 1.40 bits per heavy atom. The minimum absolute atomic E-state index is 1.07. The Balaban J connectivity index is 4.62. The second kappa shape index (κ2) is 6.39. The average Bonchev–Trinajstić information content (AvgIpc) is 2.00. The number of allylic oxidation sites excluding steroid dienone is 2. The molecule has 0 saturated carbocycles. The summed E-state index contributed by atoms with van der Waals surface area (Å²) in [6.45, 7) is 4.31. The third kappa shape index (κ3) is 3.18. The molecule has 0 bridgehead atoms. The van der Waals surface area contributed by atoms with Gasteiger partial charge in [0.05, 0.1) is 0 Å². The first kappa shape index (κ1) is 10.7.